The van der Waals surface area contributed by atoms with E-state index >= 15 is 0 Å². The van der Waals surface area contributed by atoms with Crippen LogP contribution in [-0.2, 0) is 4.79 Å². The van der Waals surface area contributed by atoms with Gasteiger partial charge in [0.1, 0.15) is 0 Å². The van der Waals surface area contributed by atoms with Crippen LogP contribution in [0.15, 0.2) is 48.5 Å². The smallest absolute Gasteiger partial charge is 0.325 e. The van der Waals surface area contributed by atoms with Crippen molar-refractivity contribution >= 4 is 30.0 Å². The molecule has 1 heterocycles. The fourth-order valence-corrected chi connectivity index (χ4v) is 4.03. The van der Waals surface area contributed by atoms with Crippen molar-refractivity contribution in [3.05, 3.63) is 65.2 Å². The van der Waals surface area contributed by atoms with Gasteiger partial charge in [0.2, 0.25) is 5.91 Å². The summed E-state index contributed by atoms with van der Waals surface area (Å²) in [5, 5.41) is 5.23. The Morgan fingerprint density at radius 1 is 1.13 bits per heavy atom. The van der Waals surface area contributed by atoms with E-state index in [1.807, 2.05) is 57.2 Å². The standard InChI is InChI=1S/C23H30N4O2.ClH/c1-15-9-10-21(16(2)11-15)25-23(29)26-22(28)17(3)27-13-19(12-24)20(14-27)18-7-5-4-6-8-18;/h4-11,17,19-20H,12-14,24H2,1-3H3,(H2,25,26,28,29);1H/t17?,19-,20+;/m1./s1. The Labute approximate surface area is 184 Å². The minimum atomic E-state index is -0.511. The summed E-state index contributed by atoms with van der Waals surface area (Å²) < 4.78 is 0. The Bertz CT molecular complexity index is 875. The van der Waals surface area contributed by atoms with E-state index in [9.17, 15) is 9.59 Å². The monoisotopic (exact) mass is 430 g/mol. The summed E-state index contributed by atoms with van der Waals surface area (Å²) in [5.74, 6) is 0.272. The van der Waals surface area contributed by atoms with Crippen LogP contribution >= 0.6 is 12.4 Å². The lowest BCUT2D eigenvalue weighted by molar-refractivity contribution is -0.124. The molecule has 3 atom stereocenters. The lowest BCUT2D eigenvalue weighted by Gasteiger charge is -2.23. The molecule has 7 heteroatoms. The van der Waals surface area contributed by atoms with Crippen LogP contribution in [0.1, 0.15) is 29.5 Å². The number of carbonyl (C=O) groups is 2. The highest BCUT2D eigenvalue weighted by atomic mass is 35.5. The van der Waals surface area contributed by atoms with Crippen molar-refractivity contribution in [3.63, 3.8) is 0 Å². The molecule has 3 amide bonds. The fraction of sp³-hybridized carbons (Fsp3) is 0.391. The molecule has 2 aromatic carbocycles. The van der Waals surface area contributed by atoms with Gasteiger partial charge < -0.3 is 11.1 Å². The third-order valence-electron chi connectivity index (χ3n) is 5.79. The molecule has 0 aromatic heterocycles. The number of amides is 3. The SMILES string of the molecule is Cc1ccc(NC(=O)NC(=O)C(C)N2C[C@@H](CN)[C@H](c3ccccc3)C2)c(C)c1.Cl. The van der Waals surface area contributed by atoms with Crippen LogP contribution < -0.4 is 16.4 Å². The largest absolute Gasteiger partial charge is 0.330 e. The Morgan fingerprint density at radius 3 is 2.47 bits per heavy atom. The number of nitrogens with zero attached hydrogens (tertiary/aromatic N) is 1. The Morgan fingerprint density at radius 2 is 1.83 bits per heavy atom. The molecule has 2 aromatic rings. The van der Waals surface area contributed by atoms with Gasteiger partial charge in [-0.1, -0.05) is 48.0 Å². The van der Waals surface area contributed by atoms with Gasteiger partial charge in [-0.2, -0.15) is 0 Å². The topological polar surface area (TPSA) is 87.5 Å². The number of benzene rings is 2. The molecular weight excluding hydrogens is 400 g/mol. The molecule has 30 heavy (non-hydrogen) atoms. The molecule has 1 aliphatic rings. The van der Waals surface area contributed by atoms with Crippen LogP contribution in [0.25, 0.3) is 0 Å². The van der Waals surface area contributed by atoms with Crippen molar-refractivity contribution in [2.45, 2.75) is 32.7 Å². The van der Waals surface area contributed by atoms with Crippen molar-refractivity contribution in [3.8, 4) is 0 Å². The predicted molar refractivity (Wildman–Crippen MR) is 123 cm³/mol. The summed E-state index contributed by atoms with van der Waals surface area (Å²) >= 11 is 0. The zero-order valence-electron chi connectivity index (χ0n) is 17.7. The van der Waals surface area contributed by atoms with E-state index in [1.54, 1.807) is 0 Å². The third-order valence-corrected chi connectivity index (χ3v) is 5.79. The maximum absolute atomic E-state index is 12.7. The number of nitrogens with one attached hydrogen (secondary N) is 2. The normalized spacial score (nSPS) is 19.6. The van der Waals surface area contributed by atoms with Crippen molar-refractivity contribution < 1.29 is 9.59 Å². The Hall–Kier alpha value is -2.41. The molecule has 0 radical (unpaired) electrons. The molecule has 4 N–H and O–H groups in total. The Kier molecular flexibility index (Phi) is 8.41. The van der Waals surface area contributed by atoms with Gasteiger partial charge in [0.15, 0.2) is 0 Å². The van der Waals surface area contributed by atoms with Gasteiger partial charge in [-0.25, -0.2) is 4.79 Å². The first-order valence-corrected chi connectivity index (χ1v) is 10.1. The maximum Gasteiger partial charge on any atom is 0.325 e. The number of likely N-dealkylation sites (tertiary alicyclic amines) is 1. The van der Waals surface area contributed by atoms with E-state index in [1.165, 1.54) is 5.56 Å². The number of carbonyl (C=O) groups excluding carboxylic acids is 2. The zero-order valence-corrected chi connectivity index (χ0v) is 18.5. The van der Waals surface area contributed by atoms with Crippen molar-refractivity contribution in [1.82, 2.24) is 10.2 Å². The van der Waals surface area contributed by atoms with E-state index in [0.29, 0.717) is 18.2 Å². The molecule has 0 bridgehead atoms. The van der Waals surface area contributed by atoms with Gasteiger partial charge in [-0.3, -0.25) is 15.0 Å². The molecule has 1 fully saturated rings. The number of aryl methyl sites for hydroxylation is 2. The number of anilines is 1. The van der Waals surface area contributed by atoms with Gasteiger partial charge in [0.05, 0.1) is 6.04 Å². The van der Waals surface area contributed by atoms with Crippen molar-refractivity contribution in [2.24, 2.45) is 11.7 Å². The first kappa shape index (κ1) is 23.9. The van der Waals surface area contributed by atoms with Crippen LogP contribution in [0.2, 0.25) is 0 Å². The van der Waals surface area contributed by atoms with Gasteiger partial charge in [-0.15, -0.1) is 12.4 Å². The predicted octanol–water partition coefficient (Wildman–Crippen LogP) is 3.44. The minimum absolute atomic E-state index is 0. The van der Waals surface area contributed by atoms with E-state index in [-0.39, 0.29) is 24.2 Å². The van der Waals surface area contributed by atoms with Gasteiger partial charge in [0, 0.05) is 24.7 Å². The van der Waals surface area contributed by atoms with E-state index in [4.69, 9.17) is 5.73 Å². The van der Waals surface area contributed by atoms with Crippen molar-refractivity contribution in [1.29, 1.82) is 0 Å². The van der Waals surface area contributed by atoms with Crippen LogP contribution in [-0.4, -0.2) is 42.5 Å². The van der Waals surface area contributed by atoms with E-state index < -0.39 is 12.1 Å². The zero-order chi connectivity index (χ0) is 21.0. The number of rotatable bonds is 5. The highest BCUT2D eigenvalue weighted by Gasteiger charge is 2.37. The quantitative estimate of drug-likeness (QED) is 0.678. The number of hydrogen-bond acceptors (Lipinski definition) is 4. The highest BCUT2D eigenvalue weighted by Crippen LogP contribution is 2.33. The van der Waals surface area contributed by atoms with Crippen LogP contribution in [0, 0.1) is 19.8 Å². The summed E-state index contributed by atoms with van der Waals surface area (Å²) in [5.41, 5.74) is 10.0. The molecule has 6 nitrogen and oxygen atoms in total. The molecule has 1 saturated heterocycles. The van der Waals surface area contributed by atoms with Gasteiger partial charge >= 0.3 is 6.03 Å². The molecule has 1 unspecified atom stereocenters. The molecule has 0 spiro atoms. The average molecular weight is 431 g/mol. The van der Waals surface area contributed by atoms with Gasteiger partial charge in [-0.05, 0) is 50.4 Å². The Balaban J connectivity index is 0.00000320. The number of hydrogen-bond donors (Lipinski definition) is 3. The molecule has 3 rings (SSSR count). The third kappa shape index (κ3) is 5.59. The van der Waals surface area contributed by atoms with Crippen LogP contribution in [0.3, 0.4) is 0 Å². The minimum Gasteiger partial charge on any atom is -0.330 e. The summed E-state index contributed by atoms with van der Waals surface area (Å²) in [6, 6.07) is 15.1. The van der Waals surface area contributed by atoms with Gasteiger partial charge in [0.25, 0.3) is 0 Å². The van der Waals surface area contributed by atoms with E-state index in [2.05, 4.69) is 27.7 Å². The molecule has 1 aliphatic heterocycles. The average Bonchev–Trinajstić information content (AvgIpc) is 3.14. The van der Waals surface area contributed by atoms with Crippen molar-refractivity contribution in [2.75, 3.05) is 25.0 Å². The molecule has 0 saturated carbocycles. The number of halogens is 1. The first-order valence-electron chi connectivity index (χ1n) is 10.1. The highest BCUT2D eigenvalue weighted by molar-refractivity contribution is 6.03. The number of imide groups is 1. The molecular formula is C23H31ClN4O2. The lowest BCUT2D eigenvalue weighted by Crippen LogP contribution is -2.47. The second-order valence-corrected chi connectivity index (χ2v) is 7.90. The number of nitrogens with two attached hydrogens (primary N) is 1. The first-order chi connectivity index (χ1) is 13.9. The van der Waals surface area contributed by atoms with Crippen LogP contribution in [0.4, 0.5) is 10.5 Å². The summed E-state index contributed by atoms with van der Waals surface area (Å²) in [4.78, 5) is 27.1. The molecule has 162 valence electrons. The summed E-state index contributed by atoms with van der Waals surface area (Å²) in [6.45, 7) is 7.81. The van der Waals surface area contributed by atoms with E-state index in [0.717, 1.165) is 24.2 Å². The molecule has 0 aliphatic carbocycles. The lowest BCUT2D eigenvalue weighted by atomic mass is 9.89. The van der Waals surface area contributed by atoms with Crippen LogP contribution in [0.5, 0.6) is 0 Å². The summed E-state index contributed by atoms with van der Waals surface area (Å²) in [7, 11) is 0. The maximum atomic E-state index is 12.7. The summed E-state index contributed by atoms with van der Waals surface area (Å²) in [6.07, 6.45) is 0. The second-order valence-electron chi connectivity index (χ2n) is 7.90. The number of urea groups is 1. The second kappa shape index (κ2) is 10.6. The fourth-order valence-electron chi connectivity index (χ4n) is 4.03.